The van der Waals surface area contributed by atoms with E-state index in [4.69, 9.17) is 5.73 Å². The molecule has 6 heteroatoms. The normalized spacial score (nSPS) is 16.2. The first-order chi connectivity index (χ1) is 8.36. The third kappa shape index (κ3) is 5.01. The van der Waals surface area contributed by atoms with Crippen LogP contribution in [0, 0.1) is 0 Å². The molecule has 0 unspecified atom stereocenters. The lowest BCUT2D eigenvalue weighted by Crippen LogP contribution is -2.42. The van der Waals surface area contributed by atoms with E-state index < -0.39 is 0 Å². The van der Waals surface area contributed by atoms with Gasteiger partial charge in [0.1, 0.15) is 0 Å². The highest BCUT2D eigenvalue weighted by atomic mass is 127. The molecule has 1 aromatic rings. The highest BCUT2D eigenvalue weighted by molar-refractivity contribution is 14.0. The zero-order valence-electron chi connectivity index (χ0n) is 10.3. The Morgan fingerprint density at radius 1 is 1.39 bits per heavy atom. The number of aliphatic imine (C=N–C) groups is 1. The van der Waals surface area contributed by atoms with Gasteiger partial charge in [0.15, 0.2) is 5.96 Å². The number of hydrogen-bond donors (Lipinski definition) is 1. The molecule has 0 aromatic carbocycles. The summed E-state index contributed by atoms with van der Waals surface area (Å²) in [7, 11) is 0. The fraction of sp³-hybridized carbons (Fsp3) is 0.500. The predicted octanol–water partition coefficient (Wildman–Crippen LogP) is 1.61. The van der Waals surface area contributed by atoms with Crippen molar-refractivity contribution < 1.29 is 0 Å². The van der Waals surface area contributed by atoms with Crippen molar-refractivity contribution in [2.45, 2.75) is 6.42 Å². The molecule has 2 N–H and O–H groups in total. The van der Waals surface area contributed by atoms with Crippen molar-refractivity contribution >= 4 is 41.7 Å². The molecule has 0 atom stereocenters. The van der Waals surface area contributed by atoms with Crippen molar-refractivity contribution in [2.75, 3.05) is 31.1 Å². The summed E-state index contributed by atoms with van der Waals surface area (Å²) < 4.78 is 0. The van der Waals surface area contributed by atoms with Crippen molar-refractivity contribution in [1.82, 2.24) is 9.88 Å². The number of pyridine rings is 1. The summed E-state index contributed by atoms with van der Waals surface area (Å²) in [6, 6.07) is 5.94. The summed E-state index contributed by atoms with van der Waals surface area (Å²) in [6.45, 7) is 2.75. The maximum atomic E-state index is 5.96. The second-order valence-corrected chi connectivity index (χ2v) is 5.14. The SMILES string of the molecule is I.NC(=NCCc1ccccn1)N1CCSCC1. The zero-order valence-corrected chi connectivity index (χ0v) is 13.4. The second kappa shape index (κ2) is 8.58. The first kappa shape index (κ1) is 15.6. The van der Waals surface area contributed by atoms with Crippen LogP contribution in [0.3, 0.4) is 0 Å². The van der Waals surface area contributed by atoms with Gasteiger partial charge in [-0.25, -0.2) is 0 Å². The Kier molecular flexibility index (Phi) is 7.41. The fourth-order valence-electron chi connectivity index (χ4n) is 1.72. The number of hydrogen-bond acceptors (Lipinski definition) is 3. The average molecular weight is 378 g/mol. The molecule has 0 saturated carbocycles. The van der Waals surface area contributed by atoms with Gasteiger partial charge in [-0.05, 0) is 12.1 Å². The predicted molar refractivity (Wildman–Crippen MR) is 88.7 cm³/mol. The van der Waals surface area contributed by atoms with Crippen LogP contribution in [0.15, 0.2) is 29.4 Å². The van der Waals surface area contributed by atoms with Crippen molar-refractivity contribution in [3.63, 3.8) is 0 Å². The molecule has 1 aromatic heterocycles. The standard InChI is InChI=1S/C12H18N4S.HI/c13-12(16-7-9-17-10-8-16)15-6-4-11-3-1-2-5-14-11;/h1-3,5H,4,6-10H2,(H2,13,15);1H. The number of rotatable bonds is 3. The number of aromatic nitrogens is 1. The molecule has 2 heterocycles. The molecule has 1 fully saturated rings. The highest BCUT2D eigenvalue weighted by Crippen LogP contribution is 2.08. The van der Waals surface area contributed by atoms with Crippen LogP contribution < -0.4 is 5.73 Å². The monoisotopic (exact) mass is 378 g/mol. The van der Waals surface area contributed by atoms with Gasteiger partial charge in [0.25, 0.3) is 0 Å². The van der Waals surface area contributed by atoms with E-state index in [0.717, 1.165) is 36.7 Å². The summed E-state index contributed by atoms with van der Waals surface area (Å²) in [5, 5.41) is 0. The minimum Gasteiger partial charge on any atom is -0.370 e. The molecular formula is C12H19IN4S. The first-order valence-corrected chi connectivity index (χ1v) is 7.04. The van der Waals surface area contributed by atoms with E-state index in [1.165, 1.54) is 0 Å². The van der Waals surface area contributed by atoms with Crippen LogP contribution in [0.2, 0.25) is 0 Å². The molecule has 1 aliphatic rings. The minimum atomic E-state index is 0. The van der Waals surface area contributed by atoms with E-state index in [9.17, 15) is 0 Å². The second-order valence-electron chi connectivity index (χ2n) is 3.91. The van der Waals surface area contributed by atoms with Crippen LogP contribution >= 0.6 is 35.7 Å². The maximum absolute atomic E-state index is 5.96. The molecular weight excluding hydrogens is 359 g/mol. The molecule has 0 aliphatic carbocycles. The summed E-state index contributed by atoms with van der Waals surface area (Å²) in [5.74, 6) is 2.98. The van der Waals surface area contributed by atoms with Crippen LogP contribution in [0.1, 0.15) is 5.69 Å². The molecule has 100 valence electrons. The Morgan fingerprint density at radius 2 is 2.17 bits per heavy atom. The molecule has 18 heavy (non-hydrogen) atoms. The highest BCUT2D eigenvalue weighted by Gasteiger charge is 2.11. The van der Waals surface area contributed by atoms with Crippen LogP contribution in [-0.2, 0) is 6.42 Å². The Bertz CT molecular complexity index is 366. The Labute approximate surface area is 129 Å². The number of nitrogens with two attached hydrogens (primary N) is 1. The molecule has 1 saturated heterocycles. The van der Waals surface area contributed by atoms with Crippen LogP contribution in [0.25, 0.3) is 0 Å². The smallest absolute Gasteiger partial charge is 0.191 e. The van der Waals surface area contributed by atoms with Crippen molar-refractivity contribution in [2.24, 2.45) is 10.7 Å². The average Bonchev–Trinajstić information content (AvgIpc) is 2.41. The van der Waals surface area contributed by atoms with Gasteiger partial charge in [-0.2, -0.15) is 11.8 Å². The van der Waals surface area contributed by atoms with Crippen molar-refractivity contribution in [3.8, 4) is 0 Å². The minimum absolute atomic E-state index is 0. The van der Waals surface area contributed by atoms with E-state index in [-0.39, 0.29) is 24.0 Å². The van der Waals surface area contributed by atoms with Gasteiger partial charge < -0.3 is 10.6 Å². The van der Waals surface area contributed by atoms with Crippen LogP contribution in [-0.4, -0.2) is 47.0 Å². The van der Waals surface area contributed by atoms with Gasteiger partial charge in [0.2, 0.25) is 0 Å². The summed E-state index contributed by atoms with van der Waals surface area (Å²) >= 11 is 1.97. The molecule has 0 radical (unpaired) electrons. The zero-order chi connectivity index (χ0) is 11.9. The van der Waals surface area contributed by atoms with Gasteiger partial charge >= 0.3 is 0 Å². The maximum Gasteiger partial charge on any atom is 0.191 e. The van der Waals surface area contributed by atoms with Gasteiger partial charge in [-0.3, -0.25) is 9.98 Å². The lowest BCUT2D eigenvalue weighted by atomic mass is 10.3. The third-order valence-corrected chi connectivity index (χ3v) is 3.65. The van der Waals surface area contributed by atoms with Gasteiger partial charge in [0.05, 0.1) is 0 Å². The topological polar surface area (TPSA) is 54.5 Å². The van der Waals surface area contributed by atoms with Gasteiger partial charge in [-0.1, -0.05) is 6.07 Å². The van der Waals surface area contributed by atoms with E-state index in [1.807, 2.05) is 36.2 Å². The van der Waals surface area contributed by atoms with E-state index in [2.05, 4.69) is 14.9 Å². The molecule has 2 rings (SSSR count). The van der Waals surface area contributed by atoms with Crippen molar-refractivity contribution in [3.05, 3.63) is 30.1 Å². The van der Waals surface area contributed by atoms with E-state index in [0.29, 0.717) is 12.5 Å². The number of halogens is 1. The van der Waals surface area contributed by atoms with E-state index >= 15 is 0 Å². The molecule has 1 aliphatic heterocycles. The first-order valence-electron chi connectivity index (χ1n) is 5.89. The summed E-state index contributed by atoms with van der Waals surface area (Å²) in [4.78, 5) is 10.8. The summed E-state index contributed by atoms with van der Waals surface area (Å²) in [5.41, 5.74) is 7.03. The fourth-order valence-corrected chi connectivity index (χ4v) is 2.63. The largest absolute Gasteiger partial charge is 0.370 e. The van der Waals surface area contributed by atoms with Crippen molar-refractivity contribution in [1.29, 1.82) is 0 Å². The molecule has 0 spiro atoms. The Hall–Kier alpha value is -0.500. The third-order valence-electron chi connectivity index (χ3n) is 2.70. The van der Waals surface area contributed by atoms with E-state index in [1.54, 1.807) is 0 Å². The Morgan fingerprint density at radius 3 is 2.83 bits per heavy atom. The number of guanidine groups is 1. The van der Waals surface area contributed by atoms with Gasteiger partial charge in [0, 0.05) is 49.5 Å². The molecule has 0 bridgehead atoms. The van der Waals surface area contributed by atoms with Gasteiger partial charge in [-0.15, -0.1) is 24.0 Å². The molecule has 0 amide bonds. The quantitative estimate of drug-likeness (QED) is 0.493. The molecule has 4 nitrogen and oxygen atoms in total. The van der Waals surface area contributed by atoms with Crippen LogP contribution in [0.5, 0.6) is 0 Å². The lowest BCUT2D eigenvalue weighted by Gasteiger charge is -2.27. The number of nitrogens with zero attached hydrogens (tertiary/aromatic N) is 3. The number of thioether (sulfide) groups is 1. The Balaban J connectivity index is 0.00000162. The summed E-state index contributed by atoms with van der Waals surface area (Å²) in [6.07, 6.45) is 2.66. The van der Waals surface area contributed by atoms with Crippen LogP contribution in [0.4, 0.5) is 0 Å². The lowest BCUT2D eigenvalue weighted by molar-refractivity contribution is 0.456.